The zero-order chi connectivity index (χ0) is 18.0. The molecule has 0 bridgehead atoms. The second-order valence-corrected chi connectivity index (χ2v) is 5.97. The van der Waals surface area contributed by atoms with Crippen LogP contribution < -0.4 is 15.7 Å². The predicted molar refractivity (Wildman–Crippen MR) is 98.4 cm³/mol. The van der Waals surface area contributed by atoms with E-state index in [-0.39, 0.29) is 18.1 Å². The van der Waals surface area contributed by atoms with Crippen LogP contribution in [0.5, 0.6) is 5.75 Å². The molecule has 0 fully saturated rings. The summed E-state index contributed by atoms with van der Waals surface area (Å²) in [5, 5.41) is 3.26. The van der Waals surface area contributed by atoms with Crippen LogP contribution in [0.4, 0.5) is 5.69 Å². The van der Waals surface area contributed by atoms with Crippen LogP contribution in [0.2, 0.25) is 5.02 Å². The molecular weight excluding hydrogens is 342 g/mol. The fraction of sp³-hybridized carbons (Fsp3) is 0.222. The van der Waals surface area contributed by atoms with Crippen LogP contribution in [0, 0.1) is 0 Å². The molecule has 130 valence electrons. The summed E-state index contributed by atoms with van der Waals surface area (Å²) in [5.74, 6) is 0.201. The van der Waals surface area contributed by atoms with Gasteiger partial charge in [-0.05, 0) is 37.3 Å². The maximum Gasteiger partial charge on any atom is 0.329 e. The highest BCUT2D eigenvalue weighted by atomic mass is 35.5. The second-order valence-electron chi connectivity index (χ2n) is 5.54. The minimum absolute atomic E-state index is 0.0989. The minimum Gasteiger partial charge on any atom is -0.492 e. The summed E-state index contributed by atoms with van der Waals surface area (Å²) >= 11 is 6.00. The zero-order valence-corrected chi connectivity index (χ0v) is 14.7. The number of ether oxygens (including phenoxy) is 1. The number of para-hydroxylation sites is 2. The first kappa shape index (κ1) is 17.1. The lowest BCUT2D eigenvalue weighted by atomic mass is 10.3. The Balaban J connectivity index is 1.89. The number of hydrogen-bond acceptors (Lipinski definition) is 3. The van der Waals surface area contributed by atoms with E-state index in [9.17, 15) is 9.59 Å². The molecule has 3 aromatic rings. The SMILES string of the molecule is CCOc1ccc(Cl)cc1NC(=O)Cn1c(=O)n(C)c2ccccc21. The number of nitrogens with one attached hydrogen (secondary N) is 1. The van der Waals surface area contributed by atoms with E-state index >= 15 is 0 Å². The quantitative estimate of drug-likeness (QED) is 0.761. The Labute approximate surface area is 149 Å². The number of anilines is 1. The van der Waals surface area contributed by atoms with Crippen molar-refractivity contribution in [1.29, 1.82) is 0 Å². The molecule has 1 N–H and O–H groups in total. The molecule has 1 aromatic heterocycles. The lowest BCUT2D eigenvalue weighted by molar-refractivity contribution is -0.116. The van der Waals surface area contributed by atoms with Crippen LogP contribution in [0.25, 0.3) is 11.0 Å². The molecule has 1 heterocycles. The van der Waals surface area contributed by atoms with Gasteiger partial charge in [0.2, 0.25) is 5.91 Å². The molecule has 0 saturated carbocycles. The molecule has 25 heavy (non-hydrogen) atoms. The molecule has 0 saturated heterocycles. The average Bonchev–Trinajstić information content (AvgIpc) is 2.83. The van der Waals surface area contributed by atoms with Gasteiger partial charge in [0.05, 0.1) is 23.3 Å². The lowest BCUT2D eigenvalue weighted by Gasteiger charge is -2.12. The number of benzene rings is 2. The number of carbonyl (C=O) groups is 1. The third kappa shape index (κ3) is 3.39. The summed E-state index contributed by atoms with van der Waals surface area (Å²) in [6.45, 7) is 2.22. The Kier molecular flexibility index (Phi) is 4.81. The smallest absolute Gasteiger partial charge is 0.329 e. The van der Waals surface area contributed by atoms with Crippen molar-refractivity contribution in [3.05, 3.63) is 58.0 Å². The van der Waals surface area contributed by atoms with Crippen molar-refractivity contribution in [2.24, 2.45) is 7.05 Å². The highest BCUT2D eigenvalue weighted by Gasteiger charge is 2.15. The van der Waals surface area contributed by atoms with Gasteiger partial charge in [-0.1, -0.05) is 23.7 Å². The average molecular weight is 360 g/mol. The maximum absolute atomic E-state index is 12.5. The number of aryl methyl sites for hydroxylation is 1. The highest BCUT2D eigenvalue weighted by Crippen LogP contribution is 2.28. The van der Waals surface area contributed by atoms with E-state index in [1.807, 2.05) is 31.2 Å². The van der Waals surface area contributed by atoms with Gasteiger partial charge in [0.15, 0.2) is 0 Å². The third-order valence-corrected chi connectivity index (χ3v) is 4.10. The monoisotopic (exact) mass is 359 g/mol. The van der Waals surface area contributed by atoms with Gasteiger partial charge in [0.25, 0.3) is 0 Å². The number of amides is 1. The van der Waals surface area contributed by atoms with Crippen LogP contribution in [0.15, 0.2) is 47.3 Å². The summed E-state index contributed by atoms with van der Waals surface area (Å²) in [7, 11) is 1.68. The van der Waals surface area contributed by atoms with Gasteiger partial charge in [0.1, 0.15) is 12.3 Å². The van der Waals surface area contributed by atoms with E-state index in [1.54, 1.807) is 25.2 Å². The van der Waals surface area contributed by atoms with Gasteiger partial charge in [-0.25, -0.2) is 4.79 Å². The van der Waals surface area contributed by atoms with E-state index in [4.69, 9.17) is 16.3 Å². The number of halogens is 1. The maximum atomic E-state index is 12.5. The van der Waals surface area contributed by atoms with E-state index in [0.717, 1.165) is 5.52 Å². The molecule has 6 nitrogen and oxygen atoms in total. The number of nitrogens with zero attached hydrogens (tertiary/aromatic N) is 2. The highest BCUT2D eigenvalue weighted by molar-refractivity contribution is 6.31. The van der Waals surface area contributed by atoms with E-state index < -0.39 is 0 Å². The fourth-order valence-corrected chi connectivity index (χ4v) is 2.90. The van der Waals surface area contributed by atoms with Crippen molar-refractivity contribution in [3.63, 3.8) is 0 Å². The fourth-order valence-electron chi connectivity index (χ4n) is 2.73. The van der Waals surface area contributed by atoms with Gasteiger partial charge in [-0.2, -0.15) is 0 Å². The number of hydrogen-bond donors (Lipinski definition) is 1. The van der Waals surface area contributed by atoms with Gasteiger partial charge in [-0.15, -0.1) is 0 Å². The largest absolute Gasteiger partial charge is 0.492 e. The van der Waals surface area contributed by atoms with Gasteiger partial charge in [0, 0.05) is 12.1 Å². The van der Waals surface area contributed by atoms with Crippen molar-refractivity contribution in [2.45, 2.75) is 13.5 Å². The molecule has 1 amide bonds. The summed E-state index contributed by atoms with van der Waals surface area (Å²) in [4.78, 5) is 24.9. The van der Waals surface area contributed by atoms with Crippen molar-refractivity contribution in [3.8, 4) is 5.75 Å². The van der Waals surface area contributed by atoms with Gasteiger partial charge in [-0.3, -0.25) is 13.9 Å². The standard InChI is InChI=1S/C18H18ClN3O3/c1-3-25-16-9-8-12(19)10-13(16)20-17(23)11-22-15-7-5-4-6-14(15)21(2)18(22)24/h4-10H,3,11H2,1-2H3,(H,20,23). The number of rotatable bonds is 5. The Morgan fingerprint density at radius 1 is 1.20 bits per heavy atom. The number of carbonyl (C=O) groups excluding carboxylic acids is 1. The number of imidazole rings is 1. The van der Waals surface area contributed by atoms with Crippen LogP contribution in [-0.2, 0) is 18.4 Å². The van der Waals surface area contributed by atoms with E-state index in [0.29, 0.717) is 28.6 Å². The van der Waals surface area contributed by atoms with Crippen LogP contribution >= 0.6 is 11.6 Å². The number of aromatic nitrogens is 2. The van der Waals surface area contributed by atoms with Crippen LogP contribution in [0.3, 0.4) is 0 Å². The first-order chi connectivity index (χ1) is 12.0. The molecule has 0 atom stereocenters. The van der Waals surface area contributed by atoms with Crippen LogP contribution in [-0.4, -0.2) is 21.6 Å². The Morgan fingerprint density at radius 3 is 2.64 bits per heavy atom. The van der Waals surface area contributed by atoms with Gasteiger partial charge >= 0.3 is 5.69 Å². The molecule has 0 spiro atoms. The topological polar surface area (TPSA) is 65.3 Å². The zero-order valence-electron chi connectivity index (χ0n) is 14.0. The molecular formula is C18H18ClN3O3. The summed E-state index contributed by atoms with van der Waals surface area (Å²) < 4.78 is 8.46. The Morgan fingerprint density at radius 2 is 1.92 bits per heavy atom. The van der Waals surface area contributed by atoms with Crippen molar-refractivity contribution >= 4 is 34.2 Å². The molecule has 2 aromatic carbocycles. The van der Waals surface area contributed by atoms with Crippen molar-refractivity contribution < 1.29 is 9.53 Å². The summed E-state index contributed by atoms with van der Waals surface area (Å²) in [6.07, 6.45) is 0. The van der Waals surface area contributed by atoms with Crippen molar-refractivity contribution in [2.75, 3.05) is 11.9 Å². The molecule has 0 aliphatic carbocycles. The summed E-state index contributed by atoms with van der Waals surface area (Å²) in [5.41, 5.74) is 1.72. The number of fused-ring (bicyclic) bond motifs is 1. The minimum atomic E-state index is -0.332. The van der Waals surface area contributed by atoms with Gasteiger partial charge < -0.3 is 10.1 Å². The van der Waals surface area contributed by atoms with Crippen LogP contribution in [0.1, 0.15) is 6.92 Å². The Bertz CT molecular complexity index is 991. The first-order valence-electron chi connectivity index (χ1n) is 7.87. The first-order valence-corrected chi connectivity index (χ1v) is 8.25. The molecule has 7 heteroatoms. The molecule has 0 aliphatic heterocycles. The molecule has 0 radical (unpaired) electrons. The van der Waals surface area contributed by atoms with Crippen molar-refractivity contribution in [1.82, 2.24) is 9.13 Å². The van der Waals surface area contributed by atoms with E-state index in [2.05, 4.69) is 5.32 Å². The Hall–Kier alpha value is -2.73. The predicted octanol–water partition coefficient (Wildman–Crippen LogP) is 3.03. The normalized spacial score (nSPS) is 10.8. The molecule has 0 unspecified atom stereocenters. The third-order valence-electron chi connectivity index (χ3n) is 3.87. The van der Waals surface area contributed by atoms with E-state index in [1.165, 1.54) is 9.13 Å². The summed E-state index contributed by atoms with van der Waals surface area (Å²) in [6, 6.07) is 12.4. The molecule has 0 aliphatic rings. The molecule has 3 rings (SSSR count). The second kappa shape index (κ2) is 7.03. The lowest BCUT2D eigenvalue weighted by Crippen LogP contribution is -2.28.